The normalized spacial score (nSPS) is 12.0. The van der Waals surface area contributed by atoms with Gasteiger partial charge in [0.05, 0.1) is 23.6 Å². The molecule has 3 rings (SSSR count). The lowest BCUT2D eigenvalue weighted by Crippen LogP contribution is -2.36. The Bertz CT molecular complexity index is 904. The smallest absolute Gasteiger partial charge is 0.213 e. The molecule has 0 fully saturated rings. The van der Waals surface area contributed by atoms with E-state index in [2.05, 4.69) is 5.16 Å². The lowest BCUT2D eigenvalue weighted by atomic mass is 10.0. The molecule has 2 aromatic carbocycles. The lowest BCUT2D eigenvalue weighted by Gasteiger charge is -2.08. The summed E-state index contributed by atoms with van der Waals surface area (Å²) in [5, 5.41) is 24.9. The first-order chi connectivity index (χ1) is 11.2. The molecule has 0 bridgehead atoms. The fourth-order valence-electron chi connectivity index (χ4n) is 2.83. The first kappa shape index (κ1) is 15.2. The molecule has 0 aliphatic heterocycles. The number of aliphatic hydroxyl groups is 1. The molecule has 1 heterocycles. The molecular weight excluding hydrogens is 292 g/mol. The minimum atomic E-state index is 0.0482. The number of aromatic nitrogens is 1. The third kappa shape index (κ3) is 2.71. The van der Waals surface area contributed by atoms with Crippen molar-refractivity contribution in [3.63, 3.8) is 0 Å². The maximum Gasteiger partial charge on any atom is 0.213 e. The van der Waals surface area contributed by atoms with Gasteiger partial charge in [0.2, 0.25) is 5.52 Å². The number of hydrogen-bond acceptors (Lipinski definition) is 4. The molecule has 0 spiro atoms. The lowest BCUT2D eigenvalue weighted by molar-refractivity contribution is -0.671. The second-order valence-corrected chi connectivity index (χ2v) is 5.42. The fraction of sp³-hybridized carbons (Fsp3) is 0.222. The van der Waals surface area contributed by atoms with Gasteiger partial charge in [0, 0.05) is 17.0 Å². The number of pyridine rings is 1. The van der Waals surface area contributed by atoms with Crippen molar-refractivity contribution in [3.05, 3.63) is 48.2 Å². The van der Waals surface area contributed by atoms with Crippen molar-refractivity contribution in [2.75, 3.05) is 13.7 Å². The monoisotopic (exact) mass is 311 g/mol. The molecule has 2 N–H and O–H groups in total. The summed E-state index contributed by atoms with van der Waals surface area (Å²) in [6.45, 7) is 2.29. The van der Waals surface area contributed by atoms with Crippen molar-refractivity contribution < 1.29 is 19.6 Å². The Balaban J connectivity index is 2.35. The molecule has 5 heteroatoms. The van der Waals surface area contributed by atoms with Crippen LogP contribution in [0.3, 0.4) is 0 Å². The summed E-state index contributed by atoms with van der Waals surface area (Å²) in [4.78, 5) is 0. The topological polar surface area (TPSA) is 65.9 Å². The average Bonchev–Trinajstić information content (AvgIpc) is 2.60. The van der Waals surface area contributed by atoms with E-state index in [1.54, 1.807) is 14.0 Å². The molecule has 0 saturated heterocycles. The number of benzene rings is 2. The van der Waals surface area contributed by atoms with Gasteiger partial charge in [-0.2, -0.15) is 4.57 Å². The number of nitrogens with zero attached hydrogens (tertiary/aromatic N) is 2. The molecule has 0 aliphatic rings. The first-order valence-electron chi connectivity index (χ1n) is 7.41. The molecular formula is C18H19N2O3+. The van der Waals surface area contributed by atoms with Gasteiger partial charge in [-0.15, -0.1) is 0 Å². The maximum absolute atomic E-state index is 9.37. The van der Waals surface area contributed by atoms with E-state index in [0.717, 1.165) is 33.0 Å². The van der Waals surface area contributed by atoms with Gasteiger partial charge >= 0.3 is 0 Å². The molecule has 0 radical (unpaired) electrons. The van der Waals surface area contributed by atoms with E-state index in [4.69, 9.17) is 9.94 Å². The number of rotatable bonds is 4. The van der Waals surface area contributed by atoms with Gasteiger partial charge in [0.1, 0.15) is 12.4 Å². The highest BCUT2D eigenvalue weighted by Crippen LogP contribution is 2.27. The second kappa shape index (κ2) is 6.22. The van der Waals surface area contributed by atoms with Crippen LogP contribution in [0.2, 0.25) is 0 Å². The van der Waals surface area contributed by atoms with Crippen LogP contribution in [-0.4, -0.2) is 29.7 Å². The third-order valence-corrected chi connectivity index (χ3v) is 4.06. The Hall–Kier alpha value is -2.66. The molecule has 118 valence electrons. The predicted octanol–water partition coefficient (Wildman–Crippen LogP) is 2.48. The Morgan fingerprint density at radius 1 is 1.17 bits per heavy atom. The minimum Gasteiger partial charge on any atom is -0.497 e. The van der Waals surface area contributed by atoms with Gasteiger partial charge in [-0.3, -0.25) is 0 Å². The average molecular weight is 311 g/mol. The van der Waals surface area contributed by atoms with E-state index in [1.807, 2.05) is 47.2 Å². The van der Waals surface area contributed by atoms with Crippen LogP contribution in [0, 0.1) is 0 Å². The molecule has 0 aliphatic carbocycles. The standard InChI is InChI=1S/C18H18N2O3/c1-12(19-22)13-3-5-17-16-6-4-15(23-2)9-14(16)11-20(7-8-21)18(17)10-13/h3-6,9-11,21H,7-8H2,1-2H3/p+1. The van der Waals surface area contributed by atoms with Crippen LogP contribution in [0.5, 0.6) is 5.75 Å². The minimum absolute atomic E-state index is 0.0482. The molecule has 0 unspecified atom stereocenters. The van der Waals surface area contributed by atoms with Crippen molar-refractivity contribution in [2.24, 2.45) is 5.16 Å². The van der Waals surface area contributed by atoms with Gasteiger partial charge in [-0.05, 0) is 31.2 Å². The number of hydrogen-bond donors (Lipinski definition) is 2. The largest absolute Gasteiger partial charge is 0.497 e. The van der Waals surface area contributed by atoms with Crippen LogP contribution < -0.4 is 9.30 Å². The van der Waals surface area contributed by atoms with Crippen LogP contribution in [0.1, 0.15) is 12.5 Å². The summed E-state index contributed by atoms with van der Waals surface area (Å²) in [5.74, 6) is 0.798. The Kier molecular flexibility index (Phi) is 4.12. The van der Waals surface area contributed by atoms with Gasteiger partial charge < -0.3 is 15.1 Å². The Morgan fingerprint density at radius 2 is 1.96 bits per heavy atom. The van der Waals surface area contributed by atoms with Gasteiger partial charge in [-0.25, -0.2) is 0 Å². The molecule has 23 heavy (non-hydrogen) atoms. The van der Waals surface area contributed by atoms with E-state index in [1.165, 1.54) is 0 Å². The van der Waals surface area contributed by atoms with Gasteiger partial charge in [-0.1, -0.05) is 11.2 Å². The predicted molar refractivity (Wildman–Crippen MR) is 89.3 cm³/mol. The van der Waals surface area contributed by atoms with Crippen LogP contribution in [0.15, 0.2) is 47.8 Å². The third-order valence-electron chi connectivity index (χ3n) is 4.06. The van der Waals surface area contributed by atoms with Gasteiger partial charge in [0.25, 0.3) is 0 Å². The highest BCUT2D eigenvalue weighted by Gasteiger charge is 2.15. The molecule has 3 aromatic rings. The summed E-state index contributed by atoms with van der Waals surface area (Å²) in [6, 6.07) is 11.9. The number of oxime groups is 1. The quantitative estimate of drug-likeness (QED) is 0.256. The van der Waals surface area contributed by atoms with E-state index in [-0.39, 0.29) is 6.61 Å². The number of ether oxygens (including phenoxy) is 1. The van der Waals surface area contributed by atoms with E-state index < -0.39 is 0 Å². The van der Waals surface area contributed by atoms with E-state index in [0.29, 0.717) is 12.3 Å². The summed E-state index contributed by atoms with van der Waals surface area (Å²) in [7, 11) is 1.65. The zero-order valence-electron chi connectivity index (χ0n) is 13.2. The van der Waals surface area contributed by atoms with Crippen LogP contribution in [-0.2, 0) is 6.54 Å². The van der Waals surface area contributed by atoms with Crippen molar-refractivity contribution in [1.29, 1.82) is 0 Å². The van der Waals surface area contributed by atoms with Crippen molar-refractivity contribution >= 4 is 27.4 Å². The molecule has 5 nitrogen and oxygen atoms in total. The number of aliphatic hydroxyl groups excluding tert-OH is 1. The zero-order valence-corrected chi connectivity index (χ0v) is 13.2. The molecule has 1 aromatic heterocycles. The van der Waals surface area contributed by atoms with Crippen LogP contribution >= 0.6 is 0 Å². The second-order valence-electron chi connectivity index (χ2n) is 5.42. The zero-order chi connectivity index (χ0) is 16.4. The summed E-state index contributed by atoms with van der Waals surface area (Å²) in [5.41, 5.74) is 2.38. The molecule has 0 amide bonds. The van der Waals surface area contributed by atoms with Crippen LogP contribution in [0.25, 0.3) is 21.7 Å². The fourth-order valence-corrected chi connectivity index (χ4v) is 2.83. The van der Waals surface area contributed by atoms with E-state index in [9.17, 15) is 5.11 Å². The van der Waals surface area contributed by atoms with Crippen molar-refractivity contribution in [1.82, 2.24) is 0 Å². The highest BCUT2D eigenvalue weighted by atomic mass is 16.5. The van der Waals surface area contributed by atoms with Crippen molar-refractivity contribution in [2.45, 2.75) is 13.5 Å². The van der Waals surface area contributed by atoms with E-state index >= 15 is 0 Å². The SMILES string of the molecule is COc1ccc2c(c1)c[n+](CCO)c1cc(/C(C)=N/O)ccc21. The van der Waals surface area contributed by atoms with Crippen LogP contribution in [0.4, 0.5) is 0 Å². The maximum atomic E-state index is 9.37. The number of methoxy groups -OCH3 is 1. The highest BCUT2D eigenvalue weighted by molar-refractivity contribution is 6.07. The summed E-state index contributed by atoms with van der Waals surface area (Å²) >= 11 is 0. The summed E-state index contributed by atoms with van der Waals surface area (Å²) in [6.07, 6.45) is 2.01. The van der Waals surface area contributed by atoms with Gasteiger partial charge in [0.15, 0.2) is 12.7 Å². The number of fused-ring (bicyclic) bond motifs is 3. The first-order valence-corrected chi connectivity index (χ1v) is 7.41. The van der Waals surface area contributed by atoms with Crippen molar-refractivity contribution in [3.8, 4) is 5.75 Å². The Morgan fingerprint density at radius 3 is 2.65 bits per heavy atom. The summed E-state index contributed by atoms with van der Waals surface area (Å²) < 4.78 is 7.30. The Labute approximate surface area is 134 Å². The molecule has 0 atom stereocenters. The molecule has 0 saturated carbocycles.